The monoisotopic (exact) mass is 575 g/mol. The summed E-state index contributed by atoms with van der Waals surface area (Å²) >= 11 is 0. The van der Waals surface area contributed by atoms with E-state index >= 15 is 0 Å². The van der Waals surface area contributed by atoms with E-state index in [0.717, 1.165) is 76.3 Å². The number of methoxy groups -OCH3 is 1. The summed E-state index contributed by atoms with van der Waals surface area (Å²) in [7, 11) is 3.67. The fourth-order valence-corrected chi connectivity index (χ4v) is 7.29. The first-order chi connectivity index (χ1) is 20.9. The second-order valence-corrected chi connectivity index (χ2v) is 12.6. The van der Waals surface area contributed by atoms with Crippen LogP contribution in [0.5, 0.6) is 5.75 Å². The largest absolute Gasteiger partial charge is 0.494 e. The number of pyridine rings is 1. The summed E-state index contributed by atoms with van der Waals surface area (Å²) in [6.45, 7) is 2.14. The summed E-state index contributed by atoms with van der Waals surface area (Å²) in [6, 6.07) is 18.7. The zero-order valence-corrected chi connectivity index (χ0v) is 24.7. The average molecular weight is 576 g/mol. The standard InChI is InChI=1S/C34H37N7O2/c1-39-31-26(13-24(15-29(31)43-2)34(42)41-18-23-10-12-27(41)30(23)36)38-33(39)28-14-22-9-11-25(21-7-5-19(16-35)6-8-21)37-32(22)40(28)17-20-3-4-20/h5-9,11,13-15,20,23,27,30H,3-4,10,12,16-18,35-36H2,1-2H3/t23-,27-,30-/m1/s1. The van der Waals surface area contributed by atoms with Crippen LogP contribution >= 0.6 is 0 Å². The van der Waals surface area contributed by atoms with Gasteiger partial charge in [0.05, 0.1) is 24.0 Å². The van der Waals surface area contributed by atoms with Crippen LogP contribution in [-0.4, -0.2) is 55.6 Å². The summed E-state index contributed by atoms with van der Waals surface area (Å²) in [5, 5.41) is 1.08. The number of aryl methyl sites for hydroxylation is 1. The molecule has 2 saturated carbocycles. The summed E-state index contributed by atoms with van der Waals surface area (Å²) in [6.07, 6.45) is 4.53. The molecule has 3 aromatic heterocycles. The molecule has 4 N–H and O–H groups in total. The number of likely N-dealkylation sites (tertiary alicyclic amines) is 1. The highest BCUT2D eigenvalue weighted by Crippen LogP contribution is 2.40. The van der Waals surface area contributed by atoms with Crippen LogP contribution in [-0.2, 0) is 20.1 Å². The van der Waals surface area contributed by atoms with Crippen molar-refractivity contribution in [2.75, 3.05) is 13.7 Å². The number of ether oxygens (including phenoxy) is 1. The van der Waals surface area contributed by atoms with Crippen molar-refractivity contribution in [3.8, 4) is 28.5 Å². The van der Waals surface area contributed by atoms with Crippen molar-refractivity contribution in [3.63, 3.8) is 0 Å². The van der Waals surface area contributed by atoms with Crippen molar-refractivity contribution < 1.29 is 9.53 Å². The van der Waals surface area contributed by atoms with Crippen molar-refractivity contribution >= 4 is 28.0 Å². The number of hydrogen-bond acceptors (Lipinski definition) is 6. The van der Waals surface area contributed by atoms with Crippen LogP contribution < -0.4 is 16.2 Å². The van der Waals surface area contributed by atoms with Crippen LogP contribution in [0.4, 0.5) is 0 Å². The number of nitrogens with zero attached hydrogens (tertiary/aromatic N) is 5. The molecule has 2 aliphatic carbocycles. The Kier molecular flexibility index (Phi) is 6.10. The number of rotatable bonds is 7. The van der Waals surface area contributed by atoms with E-state index in [1.165, 1.54) is 12.8 Å². The van der Waals surface area contributed by atoms with Crippen LogP contribution in [0, 0.1) is 11.8 Å². The topological polar surface area (TPSA) is 117 Å². The van der Waals surface area contributed by atoms with E-state index in [1.54, 1.807) is 7.11 Å². The van der Waals surface area contributed by atoms with Crippen LogP contribution in [0.1, 0.15) is 41.6 Å². The Morgan fingerprint density at radius 2 is 1.84 bits per heavy atom. The number of hydrogen-bond donors (Lipinski definition) is 2. The summed E-state index contributed by atoms with van der Waals surface area (Å²) < 4.78 is 10.3. The lowest BCUT2D eigenvalue weighted by Crippen LogP contribution is -2.41. The van der Waals surface area contributed by atoms with Gasteiger partial charge in [-0.25, -0.2) is 9.97 Å². The molecule has 9 heteroatoms. The van der Waals surface area contributed by atoms with Crippen molar-refractivity contribution in [3.05, 3.63) is 65.7 Å². The number of amides is 1. The quantitative estimate of drug-likeness (QED) is 0.291. The van der Waals surface area contributed by atoms with E-state index in [9.17, 15) is 4.79 Å². The number of carbonyl (C=O) groups excluding carboxylic acids is 1. The number of nitrogens with two attached hydrogens (primary N) is 2. The van der Waals surface area contributed by atoms with Gasteiger partial charge in [-0.15, -0.1) is 0 Å². The number of imidazole rings is 1. The van der Waals surface area contributed by atoms with Gasteiger partial charge in [0.1, 0.15) is 16.9 Å². The molecule has 43 heavy (non-hydrogen) atoms. The van der Waals surface area contributed by atoms with Gasteiger partial charge in [-0.1, -0.05) is 24.3 Å². The van der Waals surface area contributed by atoms with Gasteiger partial charge in [0, 0.05) is 55.3 Å². The molecule has 0 radical (unpaired) electrons. The molecule has 3 aliphatic rings. The van der Waals surface area contributed by atoms with Gasteiger partial charge in [-0.2, -0.15) is 0 Å². The lowest BCUT2D eigenvalue weighted by Gasteiger charge is -2.27. The molecule has 3 fully saturated rings. The number of benzene rings is 2. The lowest BCUT2D eigenvalue weighted by molar-refractivity contribution is 0.0700. The SMILES string of the molecule is COc1cc(C(=O)N2C[C@H]3CC[C@@H]2[C@@H]3N)cc2nc(-c3cc4ccc(-c5ccc(CN)cc5)nc4n3CC3CC3)n(C)c12. The Morgan fingerprint density at radius 3 is 2.51 bits per heavy atom. The highest BCUT2D eigenvalue weighted by atomic mass is 16.5. The molecule has 8 rings (SSSR count). The smallest absolute Gasteiger partial charge is 0.254 e. The number of fused-ring (bicyclic) bond motifs is 4. The number of aromatic nitrogens is 4. The van der Waals surface area contributed by atoms with Crippen LogP contribution in [0.2, 0.25) is 0 Å². The van der Waals surface area contributed by atoms with Gasteiger partial charge in [-0.3, -0.25) is 4.79 Å². The van der Waals surface area contributed by atoms with Gasteiger partial charge < -0.3 is 30.2 Å². The molecule has 2 bridgehead atoms. The minimum atomic E-state index is 0.00845. The first-order valence-corrected chi connectivity index (χ1v) is 15.3. The third-order valence-electron chi connectivity index (χ3n) is 9.91. The second-order valence-electron chi connectivity index (χ2n) is 12.6. The van der Waals surface area contributed by atoms with E-state index in [2.05, 4.69) is 51.6 Å². The molecular weight excluding hydrogens is 538 g/mol. The molecule has 0 spiro atoms. The Hall–Kier alpha value is -4.21. The lowest BCUT2D eigenvalue weighted by atomic mass is 10.1. The van der Waals surface area contributed by atoms with Crippen LogP contribution in [0.15, 0.2) is 54.6 Å². The fraction of sp³-hybridized carbons (Fsp3) is 0.382. The summed E-state index contributed by atoms with van der Waals surface area (Å²) in [4.78, 5) is 26.0. The molecule has 220 valence electrons. The maximum atomic E-state index is 13.7. The first-order valence-electron chi connectivity index (χ1n) is 15.3. The maximum Gasteiger partial charge on any atom is 0.254 e. The first kappa shape index (κ1) is 26.4. The van der Waals surface area contributed by atoms with Crippen molar-refractivity contribution in [1.29, 1.82) is 0 Å². The molecular formula is C34H37N7O2. The van der Waals surface area contributed by atoms with Crippen LogP contribution in [0.3, 0.4) is 0 Å². The zero-order valence-electron chi connectivity index (χ0n) is 24.7. The Morgan fingerprint density at radius 1 is 1.02 bits per heavy atom. The third kappa shape index (κ3) is 4.24. The molecule has 3 atom stereocenters. The Balaban J connectivity index is 1.23. The van der Waals surface area contributed by atoms with E-state index in [4.69, 9.17) is 26.2 Å². The van der Waals surface area contributed by atoms with E-state index in [-0.39, 0.29) is 18.0 Å². The molecule has 1 saturated heterocycles. The average Bonchev–Trinajstić information content (AvgIpc) is 3.44. The minimum absolute atomic E-state index is 0.00845. The van der Waals surface area contributed by atoms with E-state index in [0.29, 0.717) is 29.7 Å². The fourth-order valence-electron chi connectivity index (χ4n) is 7.29. The Bertz CT molecular complexity index is 1880. The van der Waals surface area contributed by atoms with Crippen molar-refractivity contribution in [2.45, 2.75) is 50.9 Å². The summed E-state index contributed by atoms with van der Waals surface area (Å²) in [5.41, 5.74) is 19.5. The normalized spacial score (nSPS) is 21.4. The van der Waals surface area contributed by atoms with Gasteiger partial charge in [0.15, 0.2) is 5.82 Å². The van der Waals surface area contributed by atoms with Gasteiger partial charge in [-0.05, 0) is 73.4 Å². The maximum absolute atomic E-state index is 13.7. The third-order valence-corrected chi connectivity index (χ3v) is 9.91. The molecule has 4 heterocycles. The molecule has 1 aliphatic heterocycles. The van der Waals surface area contributed by atoms with Crippen molar-refractivity contribution in [1.82, 2.24) is 24.0 Å². The predicted octanol–water partition coefficient (Wildman–Crippen LogP) is 4.70. The number of carbonyl (C=O) groups is 1. The zero-order chi connectivity index (χ0) is 29.4. The van der Waals surface area contributed by atoms with Gasteiger partial charge >= 0.3 is 0 Å². The van der Waals surface area contributed by atoms with E-state index < -0.39 is 0 Å². The molecule has 2 aromatic carbocycles. The van der Waals surface area contributed by atoms with E-state index in [1.807, 2.05) is 24.1 Å². The molecule has 5 aromatic rings. The van der Waals surface area contributed by atoms with Gasteiger partial charge in [0.2, 0.25) is 0 Å². The molecule has 9 nitrogen and oxygen atoms in total. The molecule has 1 amide bonds. The van der Waals surface area contributed by atoms with Crippen molar-refractivity contribution in [2.24, 2.45) is 30.4 Å². The Labute approximate surface area is 250 Å². The second kappa shape index (κ2) is 9.92. The van der Waals surface area contributed by atoms with Gasteiger partial charge in [0.25, 0.3) is 5.91 Å². The minimum Gasteiger partial charge on any atom is -0.494 e. The van der Waals surface area contributed by atoms with Crippen LogP contribution in [0.25, 0.3) is 44.8 Å². The highest BCUT2D eigenvalue weighted by Gasteiger charge is 2.47. The summed E-state index contributed by atoms with van der Waals surface area (Å²) in [5.74, 6) is 2.51. The predicted molar refractivity (Wildman–Crippen MR) is 168 cm³/mol. The molecule has 0 unspecified atom stereocenters. The highest BCUT2D eigenvalue weighted by molar-refractivity contribution is 6.00. The number of piperidine rings is 1.